The van der Waals surface area contributed by atoms with Crippen molar-refractivity contribution in [3.8, 4) is 11.3 Å². The van der Waals surface area contributed by atoms with Crippen molar-refractivity contribution < 1.29 is 14.7 Å². The minimum absolute atomic E-state index is 0.0519. The molecule has 2 fully saturated rings. The first-order valence-corrected chi connectivity index (χ1v) is 21.7. The predicted octanol–water partition coefficient (Wildman–Crippen LogP) is 9.49. The molecule has 5 aromatic rings. The van der Waals surface area contributed by atoms with Crippen molar-refractivity contribution >= 4 is 68.5 Å². The summed E-state index contributed by atoms with van der Waals surface area (Å²) in [5.41, 5.74) is 3.45. The van der Waals surface area contributed by atoms with Crippen molar-refractivity contribution in [1.29, 1.82) is 5.41 Å². The summed E-state index contributed by atoms with van der Waals surface area (Å²) in [6.07, 6.45) is 10.1. The van der Waals surface area contributed by atoms with Crippen LogP contribution in [0.25, 0.3) is 37.8 Å². The fourth-order valence-corrected chi connectivity index (χ4v) is 16.9. The second kappa shape index (κ2) is 14.0. The van der Waals surface area contributed by atoms with E-state index in [2.05, 4.69) is 58.2 Å². The van der Waals surface area contributed by atoms with Gasteiger partial charge in [-0.15, -0.1) is 0 Å². The summed E-state index contributed by atoms with van der Waals surface area (Å²) in [6.45, 7) is 11.6. The van der Waals surface area contributed by atoms with Gasteiger partial charge in [-0.2, -0.15) is 0 Å². The van der Waals surface area contributed by atoms with Crippen molar-refractivity contribution in [2.75, 3.05) is 30.3 Å². The van der Waals surface area contributed by atoms with E-state index in [4.69, 9.17) is 5.41 Å². The predicted molar refractivity (Wildman–Crippen MR) is 221 cm³/mol. The van der Waals surface area contributed by atoms with Crippen LogP contribution in [0.1, 0.15) is 80.3 Å². The molecule has 4 N–H and O–H groups in total. The van der Waals surface area contributed by atoms with Crippen LogP contribution in [0.15, 0.2) is 77.6 Å². The van der Waals surface area contributed by atoms with Crippen LogP contribution in [-0.4, -0.2) is 63.2 Å². The molecule has 54 heavy (non-hydrogen) atoms. The number of carboxylic acid groups (broad SMARTS) is 1. The molecule has 3 atom stereocenters. The topological polar surface area (TPSA) is 170 Å². The summed E-state index contributed by atoms with van der Waals surface area (Å²) in [4.78, 5) is 56.0. The Kier molecular flexibility index (Phi) is 9.73. The molecule has 5 heterocycles. The maximum absolute atomic E-state index is 13.5. The number of aromatic carboxylic acids is 1. The number of thiazole rings is 1. The number of nitroso groups, excluding NO2 is 1. The molecule has 7 rings (SSSR count). The number of rotatable bonds is 11. The minimum atomic E-state index is -2.40. The molecule has 2 aliphatic rings. The summed E-state index contributed by atoms with van der Waals surface area (Å²) in [6, 6.07) is 16.5. The average Bonchev–Trinajstić information content (AvgIpc) is 3.55. The van der Waals surface area contributed by atoms with E-state index < -0.39 is 13.4 Å². The monoisotopic (exact) mass is 763 g/mol. The van der Waals surface area contributed by atoms with Crippen molar-refractivity contribution in [2.45, 2.75) is 53.9 Å². The van der Waals surface area contributed by atoms with Crippen molar-refractivity contribution in [3.05, 3.63) is 94.4 Å². The Morgan fingerprint density at radius 2 is 1.76 bits per heavy atom. The first kappa shape index (κ1) is 37.4. The summed E-state index contributed by atoms with van der Waals surface area (Å²) in [5.74, 6) is -1.58. The van der Waals surface area contributed by atoms with Crippen LogP contribution in [-0.2, 0) is 0 Å². The molecule has 0 saturated carbocycles. The number of carbonyl (C=O) groups excluding carboxylic acids is 1. The Labute approximate surface area is 319 Å². The number of fused-ring (bicyclic) bond motifs is 4. The van der Waals surface area contributed by atoms with Crippen molar-refractivity contribution in [2.24, 2.45) is 21.2 Å². The van der Waals surface area contributed by atoms with Gasteiger partial charge in [0.2, 0.25) is 0 Å². The molecule has 0 spiro atoms. The molecule has 280 valence electrons. The molecule has 3 unspecified atom stereocenters. The van der Waals surface area contributed by atoms with Crippen LogP contribution in [0.5, 0.6) is 0 Å². The van der Waals surface area contributed by atoms with E-state index in [-0.39, 0.29) is 27.8 Å². The summed E-state index contributed by atoms with van der Waals surface area (Å²) in [5, 5.41) is 27.0. The first-order chi connectivity index (χ1) is 25.7. The van der Waals surface area contributed by atoms with Gasteiger partial charge in [0.05, 0.1) is 15.8 Å². The molecular formula is C41H46N7O4PS. The van der Waals surface area contributed by atoms with E-state index in [1.54, 1.807) is 18.3 Å². The number of amides is 1. The Balaban J connectivity index is 1.16. The van der Waals surface area contributed by atoms with Crippen LogP contribution in [0.2, 0.25) is 0 Å². The van der Waals surface area contributed by atoms with E-state index in [0.717, 1.165) is 53.4 Å². The van der Waals surface area contributed by atoms with E-state index in [9.17, 15) is 19.6 Å². The number of allylic oxidation sites excluding steroid dienone is 2. The number of hydrogen-bond acceptors (Lipinski definition) is 10. The van der Waals surface area contributed by atoms with E-state index in [1.807, 2.05) is 49.4 Å². The quantitative estimate of drug-likeness (QED) is 0.0586. The van der Waals surface area contributed by atoms with Gasteiger partial charge < -0.3 is 0 Å². The number of nitrogens with one attached hydrogen (secondary N) is 3. The van der Waals surface area contributed by atoms with Gasteiger partial charge in [0, 0.05) is 17.8 Å². The summed E-state index contributed by atoms with van der Waals surface area (Å²) >= 11 is 1.38. The fraction of sp³-hybridized carbons (Fsp3) is 0.366. The van der Waals surface area contributed by atoms with Crippen LogP contribution in [0, 0.1) is 26.6 Å². The molecule has 13 heteroatoms. The van der Waals surface area contributed by atoms with Gasteiger partial charge in [-0.1, -0.05) is 29.5 Å². The number of pyridine rings is 2. The van der Waals surface area contributed by atoms with E-state index in [1.165, 1.54) is 23.7 Å². The zero-order valence-electron chi connectivity index (χ0n) is 31.2. The number of benzene rings is 2. The Hall–Kier alpha value is -4.93. The van der Waals surface area contributed by atoms with Gasteiger partial charge in [0.1, 0.15) is 0 Å². The second-order valence-electron chi connectivity index (χ2n) is 16.5. The molecule has 2 aliphatic heterocycles. The summed E-state index contributed by atoms with van der Waals surface area (Å²) in [7, 11) is -2.40. The molecule has 1 amide bonds. The molecule has 0 radical (unpaired) electrons. The van der Waals surface area contributed by atoms with Crippen LogP contribution in [0.3, 0.4) is 0 Å². The Bertz CT molecular complexity index is 2350. The second-order valence-corrected chi connectivity index (χ2v) is 21.2. The molecule has 3 aromatic heterocycles. The molecule has 11 nitrogen and oxygen atoms in total. The molecule has 0 aliphatic carbocycles. The maximum atomic E-state index is 13.5. The van der Waals surface area contributed by atoms with Gasteiger partial charge >= 0.3 is 208 Å². The molecular weight excluding hydrogens is 718 g/mol. The SMILES string of the molecule is CCC1(C)CC2(C)CC(C)(CN/C(C)=C(\C=N)c3ccc(-c4ccc5cncc(C(=O)Nc6nc7ccccc7s6)c5c4)nc3C(=O)O)C[PH](N=O)(C1)C2. The number of hydrogen-bond donors (Lipinski definition) is 4. The standard InChI is InChI=1S/C41H46N7O4PS/c1-6-39(3)19-40(4)20-41(5,24-53(22-39,23-40)48-52)21-44-25(2)30(16-42)28-13-14-32(45-35(28)37(50)51)26-11-12-27-17-43-18-31(29(27)15-26)36(49)47-38-46-33-9-7-8-10-34(33)54-38/h7-18,42,44,53H,6,19-24H2,1-5H3,(H,50,51)(H,46,47,49)/b30-25+,42-16?. The van der Waals surface area contributed by atoms with Crippen LogP contribution < -0.4 is 10.6 Å². The Morgan fingerprint density at radius 3 is 2.48 bits per heavy atom. The third kappa shape index (κ3) is 7.17. The third-order valence-corrected chi connectivity index (χ3v) is 17.4. The van der Waals surface area contributed by atoms with Gasteiger partial charge in [0.25, 0.3) is 5.91 Å². The van der Waals surface area contributed by atoms with Gasteiger partial charge in [-0.05, 0) is 17.5 Å². The summed E-state index contributed by atoms with van der Waals surface area (Å²) < 4.78 is 0.961. The fourth-order valence-electron chi connectivity index (χ4n) is 9.84. The number of carbonyl (C=O) groups is 2. The van der Waals surface area contributed by atoms with Crippen LogP contribution in [0.4, 0.5) is 5.13 Å². The first-order valence-electron chi connectivity index (χ1n) is 18.3. The average molecular weight is 764 g/mol. The van der Waals surface area contributed by atoms with Crippen LogP contribution >= 0.6 is 18.7 Å². The third-order valence-electron chi connectivity index (χ3n) is 11.6. The zero-order chi connectivity index (χ0) is 38.5. The number of aromatic nitrogens is 3. The molecule has 2 saturated heterocycles. The van der Waals surface area contributed by atoms with Crippen molar-refractivity contribution in [1.82, 2.24) is 20.3 Å². The number of para-hydroxylation sites is 1. The number of nitrogens with zero attached hydrogens (tertiary/aromatic N) is 4. The number of anilines is 1. The van der Waals surface area contributed by atoms with Gasteiger partial charge in [0.15, 0.2) is 5.13 Å². The van der Waals surface area contributed by atoms with E-state index >= 15 is 0 Å². The normalized spacial score (nSPS) is 24.3. The van der Waals surface area contributed by atoms with Gasteiger partial charge in [-0.25, -0.2) is 4.98 Å². The number of carboxylic acids is 1. The van der Waals surface area contributed by atoms with E-state index in [0.29, 0.717) is 50.7 Å². The molecule has 2 aromatic carbocycles. The Morgan fingerprint density at radius 1 is 1.00 bits per heavy atom. The van der Waals surface area contributed by atoms with Gasteiger partial charge in [-0.3, -0.25) is 15.1 Å². The molecule has 2 bridgehead atoms. The zero-order valence-corrected chi connectivity index (χ0v) is 33.1. The van der Waals surface area contributed by atoms with Crippen molar-refractivity contribution in [3.63, 3.8) is 0 Å².